The van der Waals surface area contributed by atoms with E-state index < -0.39 is 0 Å². The molecule has 0 spiro atoms. The SMILES string of the molecule is COc1cc(C(=O)N2CCN(C3CCc4ccccc43)CC2)cc(OC)c1OC. The molecule has 1 unspecified atom stereocenters. The molecule has 29 heavy (non-hydrogen) atoms. The largest absolute Gasteiger partial charge is 0.493 e. The summed E-state index contributed by atoms with van der Waals surface area (Å²) in [5.74, 6) is 1.49. The number of methoxy groups -OCH3 is 3. The molecular weight excluding hydrogens is 368 g/mol. The van der Waals surface area contributed by atoms with Gasteiger partial charge in [0.25, 0.3) is 5.91 Å². The third kappa shape index (κ3) is 3.65. The first-order chi connectivity index (χ1) is 14.2. The summed E-state index contributed by atoms with van der Waals surface area (Å²) in [6.45, 7) is 3.20. The van der Waals surface area contributed by atoms with Crippen LogP contribution < -0.4 is 14.2 Å². The fourth-order valence-electron chi connectivity index (χ4n) is 4.54. The van der Waals surface area contributed by atoms with Crippen LogP contribution in [-0.4, -0.2) is 63.2 Å². The minimum absolute atomic E-state index is 0.00396. The average molecular weight is 396 g/mol. The molecule has 154 valence electrons. The Balaban J connectivity index is 1.46. The fraction of sp³-hybridized carbons (Fsp3) is 0.435. The number of ether oxygens (including phenoxy) is 3. The van der Waals surface area contributed by atoms with Gasteiger partial charge in [-0.25, -0.2) is 0 Å². The third-order valence-corrected chi connectivity index (χ3v) is 6.06. The van der Waals surface area contributed by atoms with Crippen LogP contribution >= 0.6 is 0 Å². The van der Waals surface area contributed by atoms with E-state index in [-0.39, 0.29) is 5.91 Å². The Bertz CT molecular complexity index is 865. The van der Waals surface area contributed by atoms with Crippen LogP contribution in [-0.2, 0) is 6.42 Å². The molecule has 1 amide bonds. The molecule has 0 radical (unpaired) electrons. The van der Waals surface area contributed by atoms with Crippen molar-refractivity contribution < 1.29 is 19.0 Å². The van der Waals surface area contributed by atoms with Gasteiger partial charge in [0, 0.05) is 37.8 Å². The van der Waals surface area contributed by atoms with Crippen molar-refractivity contribution in [3.63, 3.8) is 0 Å². The Morgan fingerprint density at radius 3 is 2.21 bits per heavy atom. The zero-order valence-corrected chi connectivity index (χ0v) is 17.3. The standard InChI is InChI=1S/C23H28N2O4/c1-27-20-14-17(15-21(28-2)22(20)29-3)23(26)25-12-10-24(11-13-25)19-9-8-16-6-4-5-7-18(16)19/h4-7,14-15,19H,8-13H2,1-3H3. The Morgan fingerprint density at radius 2 is 1.59 bits per heavy atom. The van der Waals surface area contributed by atoms with Crippen molar-refractivity contribution in [3.8, 4) is 17.2 Å². The number of carbonyl (C=O) groups is 1. The van der Waals surface area contributed by atoms with Gasteiger partial charge in [-0.2, -0.15) is 0 Å². The lowest BCUT2D eigenvalue weighted by Gasteiger charge is -2.38. The maximum atomic E-state index is 13.1. The summed E-state index contributed by atoms with van der Waals surface area (Å²) in [4.78, 5) is 17.6. The van der Waals surface area contributed by atoms with Crippen molar-refractivity contribution in [2.75, 3.05) is 47.5 Å². The Labute approximate surface area is 172 Å². The van der Waals surface area contributed by atoms with Crippen molar-refractivity contribution in [1.29, 1.82) is 0 Å². The number of fused-ring (bicyclic) bond motifs is 1. The van der Waals surface area contributed by atoms with Crippen LogP contribution in [0.1, 0.15) is 33.9 Å². The minimum atomic E-state index is -0.00396. The van der Waals surface area contributed by atoms with Crippen LogP contribution in [0.15, 0.2) is 36.4 Å². The van der Waals surface area contributed by atoms with Gasteiger partial charge in [0.1, 0.15) is 0 Å². The zero-order valence-electron chi connectivity index (χ0n) is 17.3. The Morgan fingerprint density at radius 1 is 0.931 bits per heavy atom. The maximum absolute atomic E-state index is 13.1. The number of amides is 1. The summed E-state index contributed by atoms with van der Waals surface area (Å²) in [6.07, 6.45) is 2.31. The predicted molar refractivity (Wildman–Crippen MR) is 111 cm³/mol. The van der Waals surface area contributed by atoms with E-state index in [1.165, 1.54) is 17.5 Å². The van der Waals surface area contributed by atoms with E-state index in [1.54, 1.807) is 33.5 Å². The van der Waals surface area contributed by atoms with Crippen molar-refractivity contribution >= 4 is 5.91 Å². The lowest BCUT2D eigenvalue weighted by Crippen LogP contribution is -2.49. The maximum Gasteiger partial charge on any atom is 0.254 e. The normalized spacial score (nSPS) is 19.0. The lowest BCUT2D eigenvalue weighted by atomic mass is 10.1. The average Bonchev–Trinajstić information content (AvgIpc) is 3.21. The van der Waals surface area contributed by atoms with Gasteiger partial charge in [-0.3, -0.25) is 9.69 Å². The van der Waals surface area contributed by atoms with Gasteiger partial charge in [-0.05, 0) is 36.1 Å². The number of carbonyl (C=O) groups excluding carboxylic acids is 1. The highest BCUT2D eigenvalue weighted by molar-refractivity contribution is 5.95. The molecule has 1 fully saturated rings. The number of hydrogen-bond donors (Lipinski definition) is 0. The van der Waals surface area contributed by atoms with Crippen molar-refractivity contribution in [3.05, 3.63) is 53.1 Å². The molecule has 6 nitrogen and oxygen atoms in total. The first kappa shape index (κ1) is 19.6. The van der Waals surface area contributed by atoms with Gasteiger partial charge in [-0.1, -0.05) is 24.3 Å². The molecule has 1 aliphatic heterocycles. The summed E-state index contributed by atoms with van der Waals surface area (Å²) in [6, 6.07) is 12.7. The highest BCUT2D eigenvalue weighted by Gasteiger charge is 2.31. The Kier molecular flexibility index (Phi) is 5.62. The smallest absolute Gasteiger partial charge is 0.254 e. The lowest BCUT2D eigenvalue weighted by molar-refractivity contribution is 0.0567. The highest BCUT2D eigenvalue weighted by Crippen LogP contribution is 2.39. The number of piperazine rings is 1. The van der Waals surface area contributed by atoms with E-state index in [9.17, 15) is 4.79 Å². The van der Waals surface area contributed by atoms with Gasteiger partial charge in [0.2, 0.25) is 5.75 Å². The second kappa shape index (κ2) is 8.33. The quantitative estimate of drug-likeness (QED) is 0.777. The summed E-state index contributed by atoms with van der Waals surface area (Å²) < 4.78 is 16.1. The molecule has 4 rings (SSSR count). The van der Waals surface area contributed by atoms with Gasteiger partial charge >= 0.3 is 0 Å². The summed E-state index contributed by atoms with van der Waals surface area (Å²) in [5.41, 5.74) is 3.48. The van der Waals surface area contributed by atoms with Gasteiger partial charge in [0.15, 0.2) is 11.5 Å². The number of aryl methyl sites for hydroxylation is 1. The third-order valence-electron chi connectivity index (χ3n) is 6.06. The zero-order chi connectivity index (χ0) is 20.4. The molecule has 0 bridgehead atoms. The number of rotatable bonds is 5. The van der Waals surface area contributed by atoms with Crippen LogP contribution in [0, 0.1) is 0 Å². The number of hydrogen-bond acceptors (Lipinski definition) is 5. The summed E-state index contributed by atoms with van der Waals surface area (Å²) >= 11 is 0. The second-order valence-corrected chi connectivity index (χ2v) is 7.50. The molecule has 1 atom stereocenters. The molecule has 2 aromatic rings. The van der Waals surface area contributed by atoms with Crippen LogP contribution in [0.4, 0.5) is 0 Å². The van der Waals surface area contributed by atoms with Crippen LogP contribution in [0.2, 0.25) is 0 Å². The first-order valence-corrected chi connectivity index (χ1v) is 10.1. The molecule has 0 saturated carbocycles. The van der Waals surface area contributed by atoms with Gasteiger partial charge in [0.05, 0.1) is 21.3 Å². The van der Waals surface area contributed by atoms with Crippen LogP contribution in [0.25, 0.3) is 0 Å². The number of nitrogens with zero attached hydrogens (tertiary/aromatic N) is 2. The van der Waals surface area contributed by atoms with E-state index in [4.69, 9.17) is 14.2 Å². The van der Waals surface area contributed by atoms with Gasteiger partial charge in [-0.15, -0.1) is 0 Å². The summed E-state index contributed by atoms with van der Waals surface area (Å²) in [5, 5.41) is 0. The first-order valence-electron chi connectivity index (χ1n) is 10.1. The number of benzene rings is 2. The van der Waals surface area contributed by atoms with E-state index in [1.807, 2.05) is 4.90 Å². The topological polar surface area (TPSA) is 51.2 Å². The second-order valence-electron chi connectivity index (χ2n) is 7.50. The molecule has 0 aromatic heterocycles. The van der Waals surface area contributed by atoms with E-state index in [0.29, 0.717) is 41.9 Å². The van der Waals surface area contributed by atoms with Crippen molar-refractivity contribution in [1.82, 2.24) is 9.80 Å². The van der Waals surface area contributed by atoms with E-state index in [2.05, 4.69) is 29.2 Å². The predicted octanol–water partition coefficient (Wildman–Crippen LogP) is 3.16. The van der Waals surface area contributed by atoms with Crippen molar-refractivity contribution in [2.24, 2.45) is 0 Å². The molecule has 6 heteroatoms. The molecular formula is C23H28N2O4. The molecule has 1 saturated heterocycles. The molecule has 2 aromatic carbocycles. The molecule has 1 heterocycles. The van der Waals surface area contributed by atoms with Crippen molar-refractivity contribution in [2.45, 2.75) is 18.9 Å². The van der Waals surface area contributed by atoms with E-state index in [0.717, 1.165) is 19.5 Å². The molecule has 0 N–H and O–H groups in total. The van der Waals surface area contributed by atoms with Crippen LogP contribution in [0.5, 0.6) is 17.2 Å². The van der Waals surface area contributed by atoms with E-state index >= 15 is 0 Å². The Hall–Kier alpha value is -2.73. The van der Waals surface area contributed by atoms with Crippen LogP contribution in [0.3, 0.4) is 0 Å². The fourth-order valence-corrected chi connectivity index (χ4v) is 4.54. The minimum Gasteiger partial charge on any atom is -0.493 e. The molecule has 2 aliphatic rings. The summed E-state index contributed by atoms with van der Waals surface area (Å²) in [7, 11) is 4.68. The van der Waals surface area contributed by atoms with Gasteiger partial charge < -0.3 is 19.1 Å². The monoisotopic (exact) mass is 396 g/mol. The molecule has 1 aliphatic carbocycles. The highest BCUT2D eigenvalue weighted by atomic mass is 16.5.